The minimum absolute atomic E-state index is 0.0574. The lowest BCUT2D eigenvalue weighted by atomic mass is 9.66. The Bertz CT molecular complexity index is 652. The number of rotatable bonds is 6. The predicted octanol–water partition coefficient (Wildman–Crippen LogP) is 4.26. The summed E-state index contributed by atoms with van der Waals surface area (Å²) in [5.74, 6) is 0.369. The van der Waals surface area contributed by atoms with Crippen LogP contribution in [0.1, 0.15) is 62.7 Å². The van der Waals surface area contributed by atoms with Gasteiger partial charge in [0, 0.05) is 31.5 Å². The van der Waals surface area contributed by atoms with E-state index in [1.165, 1.54) is 11.3 Å². The molecule has 4 nitrogen and oxygen atoms in total. The molecule has 1 aromatic rings. The number of thiophene rings is 1. The second-order valence-corrected chi connectivity index (χ2v) is 10.3. The summed E-state index contributed by atoms with van der Waals surface area (Å²) >= 11 is 1.88. The van der Waals surface area contributed by atoms with Crippen LogP contribution >= 0.6 is 11.3 Å². The van der Waals surface area contributed by atoms with Crippen molar-refractivity contribution in [3.63, 3.8) is 0 Å². The van der Waals surface area contributed by atoms with Gasteiger partial charge in [-0.2, -0.15) is 0 Å². The van der Waals surface area contributed by atoms with E-state index in [4.69, 9.17) is 4.74 Å². The van der Waals surface area contributed by atoms with E-state index in [0.29, 0.717) is 5.91 Å². The quantitative estimate of drug-likeness (QED) is 0.728. The molecule has 3 fully saturated rings. The van der Waals surface area contributed by atoms with E-state index in [-0.39, 0.29) is 16.6 Å². The van der Waals surface area contributed by atoms with Crippen LogP contribution < -0.4 is 0 Å². The van der Waals surface area contributed by atoms with Gasteiger partial charge in [-0.15, -0.1) is 11.3 Å². The van der Waals surface area contributed by atoms with Gasteiger partial charge in [0.25, 0.3) is 0 Å². The van der Waals surface area contributed by atoms with E-state index < -0.39 is 0 Å². The smallest absolute Gasteiger partial charge is 0.223 e. The van der Waals surface area contributed by atoms with Crippen molar-refractivity contribution in [3.05, 3.63) is 22.4 Å². The summed E-state index contributed by atoms with van der Waals surface area (Å²) in [5, 5.41) is 2.19. The number of amides is 1. The van der Waals surface area contributed by atoms with Gasteiger partial charge in [-0.05, 0) is 82.3 Å². The Labute approximate surface area is 167 Å². The van der Waals surface area contributed by atoms with E-state index in [1.807, 2.05) is 18.4 Å². The molecule has 0 N–H and O–H groups in total. The number of nitrogens with zero attached hydrogens (tertiary/aromatic N) is 2. The zero-order valence-corrected chi connectivity index (χ0v) is 17.9. The van der Waals surface area contributed by atoms with Crippen LogP contribution in [0.5, 0.6) is 0 Å². The van der Waals surface area contributed by atoms with Crippen molar-refractivity contribution >= 4 is 17.2 Å². The van der Waals surface area contributed by atoms with E-state index in [9.17, 15) is 4.79 Å². The highest BCUT2D eigenvalue weighted by atomic mass is 32.1. The molecule has 1 aliphatic heterocycles. The molecule has 2 saturated carbocycles. The number of likely N-dealkylation sites (tertiary alicyclic amines) is 1. The van der Waals surface area contributed by atoms with Crippen molar-refractivity contribution in [1.29, 1.82) is 0 Å². The van der Waals surface area contributed by atoms with E-state index >= 15 is 0 Å². The fourth-order valence-electron chi connectivity index (χ4n) is 5.64. The third-order valence-corrected chi connectivity index (χ3v) is 8.98. The van der Waals surface area contributed by atoms with Crippen LogP contribution in [-0.2, 0) is 15.1 Å². The molecule has 27 heavy (non-hydrogen) atoms. The maximum atomic E-state index is 12.8. The highest BCUT2D eigenvalue weighted by molar-refractivity contribution is 7.10. The van der Waals surface area contributed by atoms with Gasteiger partial charge in [-0.25, -0.2) is 0 Å². The Balaban J connectivity index is 1.40. The molecule has 1 amide bonds. The zero-order chi connectivity index (χ0) is 19.1. The van der Waals surface area contributed by atoms with Gasteiger partial charge in [0.15, 0.2) is 0 Å². The molecular weight excluding hydrogens is 356 g/mol. The fourth-order valence-corrected chi connectivity index (χ4v) is 6.70. The molecule has 150 valence electrons. The highest BCUT2D eigenvalue weighted by Gasteiger charge is 2.50. The average molecular weight is 391 g/mol. The number of carbonyl (C=O) groups excluding carboxylic acids is 1. The molecule has 3 aliphatic rings. The van der Waals surface area contributed by atoms with Crippen molar-refractivity contribution in [3.8, 4) is 0 Å². The average Bonchev–Trinajstić information content (AvgIpc) is 3.25. The first-order valence-corrected chi connectivity index (χ1v) is 11.4. The minimum Gasteiger partial charge on any atom is -0.378 e. The zero-order valence-electron chi connectivity index (χ0n) is 17.1. The molecule has 2 heterocycles. The Morgan fingerprint density at radius 3 is 2.44 bits per heavy atom. The molecule has 4 rings (SSSR count). The molecule has 1 spiro atoms. The Morgan fingerprint density at radius 2 is 1.93 bits per heavy atom. The van der Waals surface area contributed by atoms with Crippen molar-refractivity contribution in [1.82, 2.24) is 9.80 Å². The summed E-state index contributed by atoms with van der Waals surface area (Å²) in [6.45, 7) is 1.83. The summed E-state index contributed by atoms with van der Waals surface area (Å²) in [6, 6.07) is 4.46. The highest BCUT2D eigenvalue weighted by Crippen LogP contribution is 2.53. The molecule has 0 radical (unpaired) electrons. The van der Waals surface area contributed by atoms with Crippen LogP contribution in [0.2, 0.25) is 0 Å². The van der Waals surface area contributed by atoms with Crippen LogP contribution in [-0.4, -0.2) is 55.6 Å². The first kappa shape index (κ1) is 19.4. The third kappa shape index (κ3) is 3.36. The maximum Gasteiger partial charge on any atom is 0.223 e. The van der Waals surface area contributed by atoms with E-state index in [1.54, 1.807) is 0 Å². The predicted molar refractivity (Wildman–Crippen MR) is 110 cm³/mol. The number of carbonyl (C=O) groups is 1. The molecule has 5 heteroatoms. The molecule has 0 aromatic carbocycles. The normalized spacial score (nSPS) is 33.0. The summed E-state index contributed by atoms with van der Waals surface area (Å²) < 4.78 is 5.76. The lowest BCUT2D eigenvalue weighted by molar-refractivity contribution is -0.129. The number of hydrogen-bond donors (Lipinski definition) is 0. The van der Waals surface area contributed by atoms with Gasteiger partial charge < -0.3 is 9.64 Å². The van der Waals surface area contributed by atoms with Gasteiger partial charge in [-0.1, -0.05) is 6.07 Å². The van der Waals surface area contributed by atoms with Crippen LogP contribution in [0.15, 0.2) is 17.5 Å². The van der Waals surface area contributed by atoms with Crippen LogP contribution in [0.25, 0.3) is 0 Å². The standard InChI is InChI=1S/C22H34N2O2S/c1-23(2)22(18-6-4-15-27-18)11-9-20(10-12-22)16-19(25)24(17-20)14-13-21(26-3)7-5-8-21/h4,6,15H,5,7-14,16-17H2,1-3H3. The summed E-state index contributed by atoms with van der Waals surface area (Å²) in [5.41, 5.74) is 0.414. The lowest BCUT2D eigenvalue weighted by Gasteiger charge is -2.48. The summed E-state index contributed by atoms with van der Waals surface area (Å²) in [7, 11) is 6.26. The monoisotopic (exact) mass is 390 g/mol. The molecule has 1 saturated heterocycles. The summed E-state index contributed by atoms with van der Waals surface area (Å²) in [4.78, 5) is 18.8. The second-order valence-electron chi connectivity index (χ2n) is 9.39. The number of methoxy groups -OCH3 is 1. The molecular formula is C22H34N2O2S. The Hall–Kier alpha value is -0.910. The van der Waals surface area contributed by atoms with Crippen molar-refractivity contribution < 1.29 is 9.53 Å². The first-order valence-electron chi connectivity index (χ1n) is 10.5. The molecule has 2 aliphatic carbocycles. The molecule has 1 aromatic heterocycles. The van der Waals surface area contributed by atoms with E-state index in [0.717, 1.165) is 64.5 Å². The van der Waals surface area contributed by atoms with Gasteiger partial charge in [0.05, 0.1) is 11.1 Å². The van der Waals surface area contributed by atoms with Gasteiger partial charge in [-0.3, -0.25) is 9.69 Å². The first-order chi connectivity index (χ1) is 12.9. The fraction of sp³-hybridized carbons (Fsp3) is 0.773. The minimum atomic E-state index is 0.0574. The van der Waals surface area contributed by atoms with Crippen molar-refractivity contribution in [2.75, 3.05) is 34.3 Å². The maximum absolute atomic E-state index is 12.8. The molecule has 0 unspecified atom stereocenters. The van der Waals surface area contributed by atoms with E-state index in [2.05, 4.69) is 41.4 Å². The van der Waals surface area contributed by atoms with Crippen LogP contribution in [0, 0.1) is 5.41 Å². The Morgan fingerprint density at radius 1 is 1.19 bits per heavy atom. The molecule has 0 bridgehead atoms. The molecule has 0 atom stereocenters. The van der Waals surface area contributed by atoms with Gasteiger partial charge in [0.2, 0.25) is 5.91 Å². The number of hydrogen-bond acceptors (Lipinski definition) is 4. The van der Waals surface area contributed by atoms with Crippen LogP contribution in [0.4, 0.5) is 0 Å². The van der Waals surface area contributed by atoms with Crippen molar-refractivity contribution in [2.24, 2.45) is 5.41 Å². The SMILES string of the molecule is COC1(CCN2CC3(CCC(c4cccs4)(N(C)C)CC3)CC2=O)CCC1. The van der Waals surface area contributed by atoms with Gasteiger partial charge in [0.1, 0.15) is 0 Å². The van der Waals surface area contributed by atoms with Crippen molar-refractivity contribution in [2.45, 2.75) is 68.9 Å². The van der Waals surface area contributed by atoms with Crippen LogP contribution in [0.3, 0.4) is 0 Å². The van der Waals surface area contributed by atoms with Gasteiger partial charge >= 0.3 is 0 Å². The second kappa shape index (κ2) is 7.16. The lowest BCUT2D eigenvalue weighted by Crippen LogP contribution is -2.47. The third-order valence-electron chi connectivity index (χ3n) is 7.91. The Kier molecular flexibility index (Phi) is 5.15. The summed E-state index contributed by atoms with van der Waals surface area (Å²) in [6.07, 6.45) is 9.95. The largest absolute Gasteiger partial charge is 0.378 e. The topological polar surface area (TPSA) is 32.8 Å². The number of ether oxygens (including phenoxy) is 1.